The highest BCUT2D eigenvalue weighted by atomic mass is 35.5. The van der Waals surface area contributed by atoms with E-state index in [0.29, 0.717) is 10.8 Å². The zero-order valence-electron chi connectivity index (χ0n) is 15.7. The summed E-state index contributed by atoms with van der Waals surface area (Å²) in [6.07, 6.45) is 1.08. The SMILES string of the molecule is Cc1cc(Oc2cc(NC(=O)c3nn(C)cc3[N+](=O)[O-])cc([N+](=O)[O-])c2)ccc1Cl. The molecule has 1 amide bonds. The molecule has 2 aromatic carbocycles. The molecule has 1 heterocycles. The highest BCUT2D eigenvalue weighted by Gasteiger charge is 2.25. The molecule has 0 aliphatic rings. The third-order valence-corrected chi connectivity index (χ3v) is 4.37. The van der Waals surface area contributed by atoms with Gasteiger partial charge >= 0.3 is 5.69 Å². The van der Waals surface area contributed by atoms with E-state index in [9.17, 15) is 25.0 Å². The number of carbonyl (C=O) groups is 1. The van der Waals surface area contributed by atoms with E-state index in [2.05, 4.69) is 10.4 Å². The van der Waals surface area contributed by atoms with E-state index in [1.807, 2.05) is 0 Å². The van der Waals surface area contributed by atoms with Crippen molar-refractivity contribution in [3.8, 4) is 11.5 Å². The molecule has 12 heteroatoms. The van der Waals surface area contributed by atoms with Gasteiger partial charge in [0.15, 0.2) is 0 Å². The lowest BCUT2D eigenvalue weighted by molar-refractivity contribution is -0.385. The fourth-order valence-corrected chi connectivity index (χ4v) is 2.72. The minimum Gasteiger partial charge on any atom is -0.457 e. The third kappa shape index (κ3) is 4.52. The smallest absolute Gasteiger partial charge is 0.320 e. The quantitative estimate of drug-likeness (QED) is 0.454. The number of amides is 1. The van der Waals surface area contributed by atoms with Crippen LogP contribution in [0.4, 0.5) is 17.1 Å². The number of rotatable bonds is 6. The van der Waals surface area contributed by atoms with Gasteiger partial charge in [-0.05, 0) is 30.7 Å². The number of nitro groups is 2. The largest absolute Gasteiger partial charge is 0.457 e. The number of ether oxygens (including phenoxy) is 1. The van der Waals surface area contributed by atoms with Crippen LogP contribution in [-0.4, -0.2) is 25.5 Å². The molecule has 154 valence electrons. The predicted molar refractivity (Wildman–Crippen MR) is 107 cm³/mol. The summed E-state index contributed by atoms with van der Waals surface area (Å²) in [6.45, 7) is 1.77. The van der Waals surface area contributed by atoms with Crippen molar-refractivity contribution in [2.45, 2.75) is 6.92 Å². The summed E-state index contributed by atoms with van der Waals surface area (Å²) in [5.41, 5.74) is -0.507. The Bertz CT molecular complexity index is 1180. The summed E-state index contributed by atoms with van der Waals surface area (Å²) in [5.74, 6) is -0.428. The summed E-state index contributed by atoms with van der Waals surface area (Å²) in [4.78, 5) is 33.4. The van der Waals surface area contributed by atoms with Gasteiger partial charge < -0.3 is 10.1 Å². The lowest BCUT2D eigenvalue weighted by Crippen LogP contribution is -2.14. The van der Waals surface area contributed by atoms with E-state index < -0.39 is 27.1 Å². The zero-order chi connectivity index (χ0) is 22.0. The summed E-state index contributed by atoms with van der Waals surface area (Å²) in [5, 5.41) is 29.1. The molecule has 0 saturated heterocycles. The number of anilines is 1. The molecule has 0 atom stereocenters. The average Bonchev–Trinajstić information content (AvgIpc) is 3.07. The molecule has 0 radical (unpaired) electrons. The normalized spacial score (nSPS) is 10.5. The van der Waals surface area contributed by atoms with Crippen LogP contribution in [0.25, 0.3) is 0 Å². The third-order valence-electron chi connectivity index (χ3n) is 3.95. The topological polar surface area (TPSA) is 142 Å². The Balaban J connectivity index is 1.93. The number of halogens is 1. The molecule has 0 unspecified atom stereocenters. The second-order valence-corrected chi connectivity index (χ2v) is 6.64. The maximum atomic E-state index is 12.5. The summed E-state index contributed by atoms with van der Waals surface area (Å²) >= 11 is 5.98. The molecule has 0 spiro atoms. The van der Waals surface area contributed by atoms with E-state index in [4.69, 9.17) is 16.3 Å². The Morgan fingerprint density at radius 2 is 1.87 bits per heavy atom. The van der Waals surface area contributed by atoms with Crippen molar-refractivity contribution >= 4 is 34.6 Å². The van der Waals surface area contributed by atoms with E-state index >= 15 is 0 Å². The summed E-state index contributed by atoms with van der Waals surface area (Å²) in [6, 6.07) is 8.49. The van der Waals surface area contributed by atoms with Crippen molar-refractivity contribution in [3.05, 3.63) is 79.1 Å². The molecular weight excluding hydrogens is 418 g/mol. The first-order chi connectivity index (χ1) is 14.1. The van der Waals surface area contributed by atoms with Crippen molar-refractivity contribution < 1.29 is 19.4 Å². The van der Waals surface area contributed by atoms with Gasteiger partial charge in [0.2, 0.25) is 5.69 Å². The first-order valence-electron chi connectivity index (χ1n) is 8.37. The van der Waals surface area contributed by atoms with Crippen LogP contribution in [0.5, 0.6) is 11.5 Å². The molecule has 0 fully saturated rings. The van der Waals surface area contributed by atoms with Gasteiger partial charge in [0, 0.05) is 24.2 Å². The zero-order valence-corrected chi connectivity index (χ0v) is 16.4. The minimum absolute atomic E-state index is 0.00911. The number of hydrogen-bond acceptors (Lipinski definition) is 7. The first-order valence-corrected chi connectivity index (χ1v) is 8.74. The maximum Gasteiger partial charge on any atom is 0.320 e. The number of benzene rings is 2. The van der Waals surface area contributed by atoms with Crippen LogP contribution in [0.15, 0.2) is 42.6 Å². The molecule has 0 bridgehead atoms. The van der Waals surface area contributed by atoms with Crippen LogP contribution in [0.2, 0.25) is 5.02 Å². The van der Waals surface area contributed by atoms with E-state index in [-0.39, 0.29) is 17.1 Å². The number of aryl methyl sites for hydroxylation is 2. The molecule has 1 aromatic heterocycles. The van der Waals surface area contributed by atoms with Crippen molar-refractivity contribution in [1.82, 2.24) is 9.78 Å². The number of carbonyl (C=O) groups excluding carboxylic acids is 1. The number of nitrogens with one attached hydrogen (secondary N) is 1. The van der Waals surface area contributed by atoms with Crippen molar-refractivity contribution in [2.24, 2.45) is 7.05 Å². The Hall–Kier alpha value is -3.99. The van der Waals surface area contributed by atoms with Crippen molar-refractivity contribution in [3.63, 3.8) is 0 Å². The maximum absolute atomic E-state index is 12.5. The molecule has 11 nitrogen and oxygen atoms in total. The van der Waals surface area contributed by atoms with Crippen molar-refractivity contribution in [1.29, 1.82) is 0 Å². The number of nitrogens with zero attached hydrogens (tertiary/aromatic N) is 4. The molecule has 0 saturated carbocycles. The molecule has 0 aliphatic heterocycles. The van der Waals surface area contributed by atoms with Crippen LogP contribution in [-0.2, 0) is 7.05 Å². The van der Waals surface area contributed by atoms with E-state index in [1.165, 1.54) is 19.2 Å². The van der Waals surface area contributed by atoms with Crippen molar-refractivity contribution in [2.75, 3.05) is 5.32 Å². The average molecular weight is 432 g/mol. The lowest BCUT2D eigenvalue weighted by Gasteiger charge is -2.10. The van der Waals surface area contributed by atoms with Crippen LogP contribution >= 0.6 is 11.6 Å². The first kappa shape index (κ1) is 20.7. The van der Waals surface area contributed by atoms with Crippen LogP contribution in [0, 0.1) is 27.2 Å². The molecular formula is C18H14ClN5O6. The predicted octanol–water partition coefficient (Wildman–Crippen LogP) is 4.24. The lowest BCUT2D eigenvalue weighted by atomic mass is 10.2. The van der Waals surface area contributed by atoms with Gasteiger partial charge in [0.05, 0.1) is 21.6 Å². The van der Waals surface area contributed by atoms with Gasteiger partial charge in [-0.3, -0.25) is 29.7 Å². The van der Waals surface area contributed by atoms with Crippen LogP contribution < -0.4 is 10.1 Å². The Labute approximate surface area is 174 Å². The van der Waals surface area contributed by atoms with Gasteiger partial charge in [0.25, 0.3) is 11.6 Å². The molecule has 30 heavy (non-hydrogen) atoms. The van der Waals surface area contributed by atoms with Crippen LogP contribution in [0.1, 0.15) is 16.1 Å². The summed E-state index contributed by atoms with van der Waals surface area (Å²) < 4.78 is 6.78. The second-order valence-electron chi connectivity index (χ2n) is 6.23. The van der Waals surface area contributed by atoms with Gasteiger partial charge in [-0.1, -0.05) is 11.6 Å². The second kappa shape index (κ2) is 8.17. The van der Waals surface area contributed by atoms with E-state index in [1.54, 1.807) is 25.1 Å². The van der Waals surface area contributed by atoms with Gasteiger partial charge in [-0.2, -0.15) is 5.10 Å². The molecule has 0 aliphatic carbocycles. The number of aromatic nitrogens is 2. The van der Waals surface area contributed by atoms with E-state index in [0.717, 1.165) is 22.5 Å². The summed E-state index contributed by atoms with van der Waals surface area (Å²) in [7, 11) is 1.43. The van der Waals surface area contributed by atoms with Gasteiger partial charge in [-0.25, -0.2) is 0 Å². The Kier molecular flexibility index (Phi) is 5.65. The van der Waals surface area contributed by atoms with Crippen LogP contribution in [0.3, 0.4) is 0 Å². The molecule has 3 rings (SSSR count). The van der Waals surface area contributed by atoms with Gasteiger partial charge in [-0.15, -0.1) is 0 Å². The molecule has 3 aromatic rings. The number of hydrogen-bond donors (Lipinski definition) is 1. The minimum atomic E-state index is -0.893. The number of non-ortho nitro benzene ring substituents is 1. The fraction of sp³-hybridized carbons (Fsp3) is 0.111. The highest BCUT2D eigenvalue weighted by molar-refractivity contribution is 6.31. The Morgan fingerprint density at radius 3 is 2.50 bits per heavy atom. The fourth-order valence-electron chi connectivity index (χ4n) is 2.60. The molecule has 1 N–H and O–H groups in total. The van der Waals surface area contributed by atoms with Gasteiger partial charge in [0.1, 0.15) is 17.7 Å². The number of nitro benzene ring substituents is 1. The standard InChI is InChI=1S/C18H14ClN5O6/c1-10-5-13(3-4-15(10)19)30-14-7-11(6-12(8-14)23(26)27)20-18(25)17-16(24(28)29)9-22(2)21-17/h3-9H,1-2H3,(H,20,25). The highest BCUT2D eigenvalue weighted by Crippen LogP contribution is 2.31. The Morgan fingerprint density at radius 1 is 1.13 bits per heavy atom. The monoisotopic (exact) mass is 431 g/mol.